The van der Waals surface area contributed by atoms with Crippen molar-refractivity contribution in [3.05, 3.63) is 16.4 Å². The Kier molecular flexibility index (Phi) is 6.52. The fourth-order valence-corrected chi connectivity index (χ4v) is 3.23. The van der Waals surface area contributed by atoms with Crippen LogP contribution in [-0.4, -0.2) is 35.1 Å². The molecular formula is C16H28ClN3O. The zero-order valence-corrected chi connectivity index (χ0v) is 14.2. The number of rotatable bonds is 7. The highest BCUT2D eigenvalue weighted by Gasteiger charge is 2.27. The molecule has 0 bridgehead atoms. The Balaban J connectivity index is 2.13. The molecule has 1 aromatic rings. The molecule has 1 fully saturated rings. The molecule has 1 aliphatic rings. The van der Waals surface area contributed by atoms with Crippen molar-refractivity contribution in [2.45, 2.75) is 71.6 Å². The van der Waals surface area contributed by atoms with E-state index in [9.17, 15) is 0 Å². The van der Waals surface area contributed by atoms with Crippen LogP contribution < -0.4 is 5.32 Å². The lowest BCUT2D eigenvalue weighted by molar-refractivity contribution is -0.00774. The summed E-state index contributed by atoms with van der Waals surface area (Å²) in [7, 11) is 0. The van der Waals surface area contributed by atoms with Gasteiger partial charge in [0.15, 0.2) is 0 Å². The third-order valence-electron chi connectivity index (χ3n) is 4.19. The molecule has 0 spiro atoms. The maximum Gasteiger partial charge on any atom is 0.0847 e. The summed E-state index contributed by atoms with van der Waals surface area (Å²) in [6.45, 7) is 9.03. The summed E-state index contributed by atoms with van der Waals surface area (Å²) in [5, 5.41) is 8.99. The van der Waals surface area contributed by atoms with Crippen LogP contribution in [0.2, 0.25) is 5.02 Å². The lowest BCUT2D eigenvalue weighted by Crippen LogP contribution is -2.45. The van der Waals surface area contributed by atoms with Gasteiger partial charge in [0, 0.05) is 25.6 Å². The highest BCUT2D eigenvalue weighted by atomic mass is 35.5. The molecule has 1 saturated heterocycles. The van der Waals surface area contributed by atoms with E-state index < -0.39 is 0 Å². The number of hydrogen-bond donors (Lipinski definition) is 1. The summed E-state index contributed by atoms with van der Waals surface area (Å²) < 4.78 is 8.02. The van der Waals surface area contributed by atoms with Crippen LogP contribution in [0.25, 0.3) is 0 Å². The van der Waals surface area contributed by atoms with Crippen LogP contribution >= 0.6 is 11.6 Å². The second kappa shape index (κ2) is 8.16. The largest absolute Gasteiger partial charge is 0.377 e. The van der Waals surface area contributed by atoms with Crippen LogP contribution in [0.5, 0.6) is 0 Å². The normalized spacial score (nSPS) is 20.7. The number of ether oxygens (including phenoxy) is 1. The molecule has 2 atom stereocenters. The summed E-state index contributed by atoms with van der Waals surface area (Å²) in [5.74, 6) is 0. The molecule has 1 N–H and O–H groups in total. The number of nitrogens with zero attached hydrogens (tertiary/aromatic N) is 2. The van der Waals surface area contributed by atoms with Gasteiger partial charge in [0.25, 0.3) is 0 Å². The first-order valence-corrected chi connectivity index (χ1v) is 8.61. The van der Waals surface area contributed by atoms with E-state index >= 15 is 0 Å². The fourth-order valence-electron chi connectivity index (χ4n) is 3.02. The molecule has 0 saturated carbocycles. The van der Waals surface area contributed by atoms with Crippen molar-refractivity contribution in [1.82, 2.24) is 15.1 Å². The van der Waals surface area contributed by atoms with Crippen molar-refractivity contribution < 1.29 is 4.74 Å². The van der Waals surface area contributed by atoms with E-state index in [0.717, 1.165) is 55.4 Å². The third-order valence-corrected chi connectivity index (χ3v) is 4.68. The predicted octanol–water partition coefficient (Wildman–Crippen LogP) is 3.34. The van der Waals surface area contributed by atoms with Gasteiger partial charge in [-0.3, -0.25) is 4.68 Å². The summed E-state index contributed by atoms with van der Waals surface area (Å²) >= 11 is 6.46. The Labute approximate surface area is 133 Å². The Morgan fingerprint density at radius 1 is 1.43 bits per heavy atom. The fraction of sp³-hybridized carbons (Fsp3) is 0.812. The Hall–Kier alpha value is -0.580. The lowest BCUT2D eigenvalue weighted by Gasteiger charge is -2.31. The van der Waals surface area contributed by atoms with Gasteiger partial charge >= 0.3 is 0 Å². The van der Waals surface area contributed by atoms with Gasteiger partial charge in [0.2, 0.25) is 0 Å². The maximum absolute atomic E-state index is 6.46. The van der Waals surface area contributed by atoms with Crippen molar-refractivity contribution >= 4 is 11.6 Å². The molecule has 0 aliphatic carbocycles. The van der Waals surface area contributed by atoms with E-state index in [4.69, 9.17) is 16.3 Å². The van der Waals surface area contributed by atoms with Gasteiger partial charge in [-0.2, -0.15) is 5.10 Å². The molecule has 2 rings (SSSR count). The van der Waals surface area contributed by atoms with E-state index in [-0.39, 0.29) is 0 Å². The van der Waals surface area contributed by atoms with Gasteiger partial charge < -0.3 is 10.1 Å². The Morgan fingerprint density at radius 3 is 2.86 bits per heavy atom. The second-order valence-electron chi connectivity index (χ2n) is 5.83. The Bertz CT molecular complexity index is 441. The molecule has 21 heavy (non-hydrogen) atoms. The molecule has 5 heteroatoms. The summed E-state index contributed by atoms with van der Waals surface area (Å²) in [6, 6.07) is 0.323. The van der Waals surface area contributed by atoms with Gasteiger partial charge in [0.1, 0.15) is 0 Å². The van der Waals surface area contributed by atoms with E-state index in [0.29, 0.717) is 12.1 Å². The third kappa shape index (κ3) is 4.21. The van der Waals surface area contributed by atoms with Gasteiger partial charge in [-0.15, -0.1) is 0 Å². The standard InChI is InChI=1S/C16H28ClN3O/c1-4-9-18-13(15-8-6-7-10-21-15)11-14-16(17)12(3)19-20(14)5-2/h13,15,18H,4-11H2,1-3H3. The molecule has 1 aromatic heterocycles. The van der Waals surface area contributed by atoms with Crippen LogP contribution in [0.15, 0.2) is 0 Å². The number of aromatic nitrogens is 2. The van der Waals surface area contributed by atoms with Gasteiger partial charge in [-0.1, -0.05) is 18.5 Å². The molecule has 1 aliphatic heterocycles. The number of aryl methyl sites for hydroxylation is 2. The molecule has 4 nitrogen and oxygen atoms in total. The number of nitrogens with one attached hydrogen (secondary N) is 1. The van der Waals surface area contributed by atoms with Crippen LogP contribution in [0.4, 0.5) is 0 Å². The molecule has 120 valence electrons. The Morgan fingerprint density at radius 2 is 2.24 bits per heavy atom. The average Bonchev–Trinajstić information content (AvgIpc) is 2.79. The summed E-state index contributed by atoms with van der Waals surface area (Å²) in [4.78, 5) is 0. The lowest BCUT2D eigenvalue weighted by atomic mass is 9.98. The summed E-state index contributed by atoms with van der Waals surface area (Å²) in [6.07, 6.45) is 5.89. The van der Waals surface area contributed by atoms with Crippen molar-refractivity contribution in [2.75, 3.05) is 13.2 Å². The van der Waals surface area contributed by atoms with Crippen LogP contribution in [-0.2, 0) is 17.7 Å². The van der Waals surface area contributed by atoms with Gasteiger partial charge in [-0.05, 0) is 46.1 Å². The minimum atomic E-state index is 0.293. The second-order valence-corrected chi connectivity index (χ2v) is 6.21. The zero-order chi connectivity index (χ0) is 15.2. The SMILES string of the molecule is CCCNC(Cc1c(Cl)c(C)nn1CC)C1CCCCO1. The maximum atomic E-state index is 6.46. The van der Waals surface area contributed by atoms with Crippen molar-refractivity contribution in [3.63, 3.8) is 0 Å². The molecule has 0 radical (unpaired) electrons. The van der Waals surface area contributed by atoms with E-state index in [1.54, 1.807) is 0 Å². The number of hydrogen-bond acceptors (Lipinski definition) is 3. The van der Waals surface area contributed by atoms with Crippen LogP contribution in [0.1, 0.15) is 50.9 Å². The minimum absolute atomic E-state index is 0.293. The van der Waals surface area contributed by atoms with E-state index in [2.05, 4.69) is 24.3 Å². The highest BCUT2D eigenvalue weighted by molar-refractivity contribution is 6.31. The van der Waals surface area contributed by atoms with E-state index in [1.165, 1.54) is 12.8 Å². The van der Waals surface area contributed by atoms with Gasteiger partial charge in [0.05, 0.1) is 22.5 Å². The highest BCUT2D eigenvalue weighted by Crippen LogP contribution is 2.25. The van der Waals surface area contributed by atoms with Gasteiger partial charge in [-0.25, -0.2) is 0 Å². The first-order chi connectivity index (χ1) is 10.2. The van der Waals surface area contributed by atoms with E-state index in [1.807, 2.05) is 11.6 Å². The minimum Gasteiger partial charge on any atom is -0.377 e. The van der Waals surface area contributed by atoms with Crippen molar-refractivity contribution in [1.29, 1.82) is 0 Å². The molecule has 0 aromatic carbocycles. The monoisotopic (exact) mass is 313 g/mol. The van der Waals surface area contributed by atoms with Crippen LogP contribution in [0, 0.1) is 6.92 Å². The smallest absolute Gasteiger partial charge is 0.0847 e. The molecule has 2 unspecified atom stereocenters. The number of halogens is 1. The molecule has 2 heterocycles. The quantitative estimate of drug-likeness (QED) is 0.839. The summed E-state index contributed by atoms with van der Waals surface area (Å²) in [5.41, 5.74) is 2.06. The molecular weight excluding hydrogens is 286 g/mol. The molecule has 0 amide bonds. The van der Waals surface area contributed by atoms with Crippen molar-refractivity contribution in [3.8, 4) is 0 Å². The zero-order valence-electron chi connectivity index (χ0n) is 13.5. The average molecular weight is 314 g/mol. The first kappa shape index (κ1) is 16.8. The first-order valence-electron chi connectivity index (χ1n) is 8.24. The predicted molar refractivity (Wildman–Crippen MR) is 87.0 cm³/mol. The van der Waals surface area contributed by atoms with Crippen molar-refractivity contribution in [2.24, 2.45) is 0 Å². The van der Waals surface area contributed by atoms with Crippen LogP contribution in [0.3, 0.4) is 0 Å². The topological polar surface area (TPSA) is 39.1 Å².